The number of aromatic nitrogens is 2. The smallest absolute Gasteiger partial charge is 0.341 e. The van der Waals surface area contributed by atoms with Gasteiger partial charge in [0.2, 0.25) is 0 Å². The number of imidazole rings is 1. The van der Waals surface area contributed by atoms with E-state index in [0.29, 0.717) is 11.0 Å². The van der Waals surface area contributed by atoms with Crippen LogP contribution in [0, 0.1) is 0 Å². The number of fused-ring (bicyclic) bond motifs is 1. The molecule has 2 N–H and O–H groups in total. The predicted molar refractivity (Wildman–Crippen MR) is 57.9 cm³/mol. The number of H-pyrrole nitrogens is 1. The summed E-state index contributed by atoms with van der Waals surface area (Å²) in [5.41, 5.74) is -4.14. The lowest BCUT2D eigenvalue weighted by molar-refractivity contribution is -0.0448. The molecular formula is C9H8F3N3O2S. The third kappa shape index (κ3) is 2.46. The van der Waals surface area contributed by atoms with Crippen molar-refractivity contribution in [3.05, 3.63) is 30.1 Å². The summed E-state index contributed by atoms with van der Waals surface area (Å²) < 4.78 is 59.1. The number of rotatable bonds is 3. The molecule has 0 aliphatic carbocycles. The second-order valence-electron chi connectivity index (χ2n) is 3.47. The van der Waals surface area contributed by atoms with Gasteiger partial charge in [-0.25, -0.2) is 13.4 Å². The van der Waals surface area contributed by atoms with Crippen molar-refractivity contribution in [2.45, 2.75) is 12.1 Å². The maximum Gasteiger partial charge on any atom is 0.511 e. The van der Waals surface area contributed by atoms with Gasteiger partial charge in [-0.3, -0.25) is 0 Å². The molecule has 0 spiro atoms. The van der Waals surface area contributed by atoms with E-state index in [2.05, 4.69) is 9.97 Å². The molecule has 0 atom stereocenters. The Morgan fingerprint density at radius 1 is 1.28 bits per heavy atom. The number of para-hydroxylation sites is 2. The van der Waals surface area contributed by atoms with E-state index in [1.165, 1.54) is 4.72 Å². The number of nitrogens with zero attached hydrogens (tertiary/aromatic N) is 1. The molecule has 0 fully saturated rings. The molecule has 2 aromatic rings. The molecule has 98 valence electrons. The Balaban J connectivity index is 2.16. The van der Waals surface area contributed by atoms with E-state index in [0.717, 1.165) is 0 Å². The molecule has 1 aromatic carbocycles. The first kappa shape index (κ1) is 12.8. The van der Waals surface area contributed by atoms with Crippen LogP contribution >= 0.6 is 0 Å². The van der Waals surface area contributed by atoms with Crippen molar-refractivity contribution in [2.75, 3.05) is 0 Å². The summed E-state index contributed by atoms with van der Waals surface area (Å²) in [4.78, 5) is 6.66. The summed E-state index contributed by atoms with van der Waals surface area (Å²) >= 11 is 0. The average Bonchev–Trinajstić information content (AvgIpc) is 2.67. The average molecular weight is 279 g/mol. The molecular weight excluding hydrogens is 271 g/mol. The molecule has 0 unspecified atom stereocenters. The quantitative estimate of drug-likeness (QED) is 0.894. The van der Waals surface area contributed by atoms with Crippen LogP contribution in [0.1, 0.15) is 5.82 Å². The van der Waals surface area contributed by atoms with Gasteiger partial charge < -0.3 is 4.98 Å². The van der Waals surface area contributed by atoms with Crippen molar-refractivity contribution in [1.82, 2.24) is 14.7 Å². The number of hydrogen-bond donors (Lipinski definition) is 2. The zero-order valence-electron chi connectivity index (χ0n) is 8.82. The van der Waals surface area contributed by atoms with E-state index >= 15 is 0 Å². The van der Waals surface area contributed by atoms with Crippen LogP contribution in [-0.4, -0.2) is 23.9 Å². The van der Waals surface area contributed by atoms with Crippen molar-refractivity contribution in [3.8, 4) is 0 Å². The minimum atomic E-state index is -5.34. The highest BCUT2D eigenvalue weighted by Crippen LogP contribution is 2.21. The van der Waals surface area contributed by atoms with E-state index in [1.54, 1.807) is 24.3 Å². The zero-order valence-corrected chi connectivity index (χ0v) is 9.64. The highest BCUT2D eigenvalue weighted by Gasteiger charge is 2.45. The number of aromatic amines is 1. The minimum Gasteiger partial charge on any atom is -0.341 e. The molecule has 5 nitrogen and oxygen atoms in total. The number of hydrogen-bond acceptors (Lipinski definition) is 3. The van der Waals surface area contributed by atoms with E-state index in [4.69, 9.17) is 0 Å². The highest BCUT2D eigenvalue weighted by atomic mass is 32.2. The first-order chi connectivity index (χ1) is 8.29. The summed E-state index contributed by atoms with van der Waals surface area (Å²) in [6, 6.07) is 6.79. The Labute approximate surface area is 100 Å². The number of sulfonamides is 1. The van der Waals surface area contributed by atoms with Gasteiger partial charge in [0, 0.05) is 0 Å². The van der Waals surface area contributed by atoms with Crippen LogP contribution in [-0.2, 0) is 16.6 Å². The van der Waals surface area contributed by atoms with Gasteiger partial charge in [0.25, 0.3) is 0 Å². The fraction of sp³-hybridized carbons (Fsp3) is 0.222. The predicted octanol–water partition coefficient (Wildman–Crippen LogP) is 1.50. The third-order valence-electron chi connectivity index (χ3n) is 2.17. The van der Waals surface area contributed by atoms with Crippen molar-refractivity contribution in [2.24, 2.45) is 0 Å². The fourth-order valence-electron chi connectivity index (χ4n) is 1.33. The minimum absolute atomic E-state index is 0.115. The van der Waals surface area contributed by atoms with Crippen molar-refractivity contribution in [1.29, 1.82) is 0 Å². The van der Waals surface area contributed by atoms with Gasteiger partial charge in [-0.1, -0.05) is 12.1 Å². The number of alkyl halides is 3. The van der Waals surface area contributed by atoms with Crippen LogP contribution < -0.4 is 4.72 Å². The molecule has 2 rings (SSSR count). The first-order valence-electron chi connectivity index (χ1n) is 4.79. The van der Waals surface area contributed by atoms with Gasteiger partial charge in [0.15, 0.2) is 0 Å². The monoisotopic (exact) mass is 279 g/mol. The zero-order chi connectivity index (χ0) is 13.4. The lowest BCUT2D eigenvalue weighted by Gasteiger charge is -2.07. The molecule has 0 saturated heterocycles. The number of halogens is 3. The third-order valence-corrected chi connectivity index (χ3v) is 3.31. The molecule has 1 aromatic heterocycles. The van der Waals surface area contributed by atoms with Gasteiger partial charge in [-0.05, 0) is 12.1 Å². The Morgan fingerprint density at radius 2 is 1.94 bits per heavy atom. The van der Waals surface area contributed by atoms with Crippen LogP contribution in [0.5, 0.6) is 0 Å². The van der Waals surface area contributed by atoms with Gasteiger partial charge in [-0.2, -0.15) is 17.9 Å². The number of benzene rings is 1. The van der Waals surface area contributed by atoms with E-state index < -0.39 is 22.1 Å². The summed E-state index contributed by atoms with van der Waals surface area (Å²) in [5.74, 6) is 0.115. The van der Waals surface area contributed by atoms with E-state index in [9.17, 15) is 21.6 Å². The summed E-state index contributed by atoms with van der Waals surface area (Å²) in [7, 11) is -5.34. The Morgan fingerprint density at radius 3 is 2.56 bits per heavy atom. The van der Waals surface area contributed by atoms with Gasteiger partial charge >= 0.3 is 15.5 Å². The molecule has 0 radical (unpaired) electrons. The largest absolute Gasteiger partial charge is 0.511 e. The Kier molecular flexibility index (Phi) is 3.03. The normalized spacial score (nSPS) is 13.1. The van der Waals surface area contributed by atoms with Crippen molar-refractivity contribution >= 4 is 21.1 Å². The van der Waals surface area contributed by atoms with Gasteiger partial charge in [0.1, 0.15) is 5.82 Å². The first-order valence-corrected chi connectivity index (χ1v) is 6.27. The van der Waals surface area contributed by atoms with Crippen molar-refractivity contribution < 1.29 is 21.6 Å². The standard InChI is InChI=1S/C9H8F3N3O2S/c10-9(11,12)18(16,17)13-5-8-14-6-3-1-2-4-7(6)15-8/h1-4,13H,5H2,(H,14,15). The molecule has 9 heteroatoms. The second-order valence-corrected chi connectivity index (χ2v) is 5.23. The summed E-state index contributed by atoms with van der Waals surface area (Å²) in [5, 5.41) is 0. The van der Waals surface area contributed by atoms with E-state index in [1.807, 2.05) is 0 Å². The Bertz CT molecular complexity index is 630. The van der Waals surface area contributed by atoms with Gasteiger partial charge in [-0.15, -0.1) is 0 Å². The molecule has 0 aliphatic rings. The van der Waals surface area contributed by atoms with Crippen LogP contribution in [0.4, 0.5) is 13.2 Å². The maximum atomic E-state index is 12.1. The lowest BCUT2D eigenvalue weighted by atomic mass is 10.3. The molecule has 0 amide bonds. The SMILES string of the molecule is O=S(=O)(NCc1nc2ccccc2[nH]1)C(F)(F)F. The molecule has 0 saturated carbocycles. The van der Waals surface area contributed by atoms with Crippen LogP contribution in [0.15, 0.2) is 24.3 Å². The fourth-order valence-corrected chi connectivity index (χ4v) is 1.82. The molecule has 18 heavy (non-hydrogen) atoms. The molecule has 0 aliphatic heterocycles. The molecule has 1 heterocycles. The Hall–Kier alpha value is -1.61. The maximum absolute atomic E-state index is 12.1. The van der Waals surface area contributed by atoms with Crippen LogP contribution in [0.25, 0.3) is 11.0 Å². The lowest BCUT2D eigenvalue weighted by Crippen LogP contribution is -2.36. The summed E-state index contributed by atoms with van der Waals surface area (Å²) in [6.07, 6.45) is 0. The second kappa shape index (κ2) is 4.25. The topological polar surface area (TPSA) is 74.8 Å². The highest BCUT2D eigenvalue weighted by molar-refractivity contribution is 7.90. The summed E-state index contributed by atoms with van der Waals surface area (Å²) in [6.45, 7) is -0.545. The van der Waals surface area contributed by atoms with Crippen LogP contribution in [0.2, 0.25) is 0 Å². The van der Waals surface area contributed by atoms with Gasteiger partial charge in [0.05, 0.1) is 17.6 Å². The van der Waals surface area contributed by atoms with Crippen LogP contribution in [0.3, 0.4) is 0 Å². The van der Waals surface area contributed by atoms with E-state index in [-0.39, 0.29) is 5.82 Å². The number of nitrogens with one attached hydrogen (secondary N) is 2. The molecule has 0 bridgehead atoms. The van der Waals surface area contributed by atoms with Crippen molar-refractivity contribution in [3.63, 3.8) is 0 Å².